The van der Waals surface area contributed by atoms with Crippen molar-refractivity contribution in [2.24, 2.45) is 0 Å². The summed E-state index contributed by atoms with van der Waals surface area (Å²) in [4.78, 5) is 2.44. The Kier molecular flexibility index (Phi) is 4.09. The Labute approximate surface area is 115 Å². The fraction of sp³-hybridized carbons (Fsp3) is 1.00. The molecule has 0 spiro atoms. The summed E-state index contributed by atoms with van der Waals surface area (Å²) in [5.74, 6) is 0. The number of rotatable bonds is 3. The summed E-state index contributed by atoms with van der Waals surface area (Å²) in [6, 6.07) is 0.743. The van der Waals surface area contributed by atoms with Crippen LogP contribution in [-0.2, 0) is 10.2 Å². The molecule has 110 valence electrons. The molecule has 0 unspecified atom stereocenters. The van der Waals surface area contributed by atoms with Crippen molar-refractivity contribution in [3.05, 3.63) is 0 Å². The highest BCUT2D eigenvalue weighted by Crippen LogP contribution is 2.28. The van der Waals surface area contributed by atoms with Gasteiger partial charge in [-0.2, -0.15) is 17.0 Å². The van der Waals surface area contributed by atoms with E-state index in [1.54, 1.807) is 8.61 Å². The first kappa shape index (κ1) is 13.8. The van der Waals surface area contributed by atoms with E-state index in [9.17, 15) is 8.42 Å². The minimum atomic E-state index is -3.24. The quantitative estimate of drug-likeness (QED) is 0.747. The van der Waals surface area contributed by atoms with Crippen molar-refractivity contribution >= 4 is 10.2 Å². The zero-order valence-corrected chi connectivity index (χ0v) is 12.2. The molecule has 0 aromatic carbocycles. The van der Waals surface area contributed by atoms with Gasteiger partial charge in [0, 0.05) is 51.9 Å². The van der Waals surface area contributed by atoms with Crippen molar-refractivity contribution in [1.29, 1.82) is 0 Å². The van der Waals surface area contributed by atoms with E-state index in [0.717, 1.165) is 38.6 Å². The molecule has 1 N–H and O–H groups in total. The highest BCUT2D eigenvalue weighted by Gasteiger charge is 2.36. The van der Waals surface area contributed by atoms with Crippen LogP contribution >= 0.6 is 0 Å². The van der Waals surface area contributed by atoms with E-state index in [1.165, 1.54) is 12.8 Å². The third-order valence-electron chi connectivity index (χ3n) is 4.29. The Bertz CT molecular complexity index is 394. The number of hydrogen-bond acceptors (Lipinski definition) is 4. The highest BCUT2D eigenvalue weighted by atomic mass is 32.2. The summed E-state index contributed by atoms with van der Waals surface area (Å²) in [7, 11) is -3.24. The number of hydrogen-bond donors (Lipinski definition) is 1. The van der Waals surface area contributed by atoms with Gasteiger partial charge in [0.25, 0.3) is 10.2 Å². The standard InChI is InChI=1S/C12H24N4O2S/c17-19(18,15-6-1-4-13-5-7-15)16-10-8-14(9-11-16)12-2-3-12/h12-13H,1-11H2. The van der Waals surface area contributed by atoms with Crippen molar-refractivity contribution in [1.82, 2.24) is 18.8 Å². The Morgan fingerprint density at radius 2 is 1.53 bits per heavy atom. The maximum Gasteiger partial charge on any atom is 0.282 e. The van der Waals surface area contributed by atoms with Crippen molar-refractivity contribution in [2.75, 3.05) is 52.4 Å². The second-order valence-electron chi connectivity index (χ2n) is 5.68. The molecule has 1 aliphatic carbocycles. The minimum Gasteiger partial charge on any atom is -0.315 e. The second kappa shape index (κ2) is 5.65. The molecule has 0 atom stereocenters. The number of nitrogens with zero attached hydrogens (tertiary/aromatic N) is 3. The first-order chi connectivity index (χ1) is 9.18. The molecule has 6 nitrogen and oxygen atoms in total. The predicted octanol–water partition coefficient (Wildman–Crippen LogP) is -0.693. The fourth-order valence-corrected chi connectivity index (χ4v) is 4.59. The van der Waals surface area contributed by atoms with E-state index >= 15 is 0 Å². The van der Waals surface area contributed by atoms with Gasteiger partial charge in [-0.25, -0.2) is 0 Å². The predicted molar refractivity (Wildman–Crippen MR) is 74.1 cm³/mol. The van der Waals surface area contributed by atoms with Crippen LogP contribution in [0.4, 0.5) is 0 Å². The molecule has 0 radical (unpaired) electrons. The van der Waals surface area contributed by atoms with E-state index in [4.69, 9.17) is 0 Å². The van der Waals surface area contributed by atoms with Crippen LogP contribution in [0.5, 0.6) is 0 Å². The second-order valence-corrected chi connectivity index (χ2v) is 7.61. The molecule has 3 rings (SSSR count). The molecule has 7 heteroatoms. The molecule has 3 aliphatic rings. The van der Waals surface area contributed by atoms with Gasteiger partial charge >= 0.3 is 0 Å². The van der Waals surface area contributed by atoms with Crippen molar-refractivity contribution in [3.63, 3.8) is 0 Å². The van der Waals surface area contributed by atoms with Crippen LogP contribution in [0, 0.1) is 0 Å². The molecule has 2 heterocycles. The minimum absolute atomic E-state index is 0.602. The summed E-state index contributed by atoms with van der Waals surface area (Å²) >= 11 is 0. The van der Waals surface area contributed by atoms with Crippen molar-refractivity contribution in [3.8, 4) is 0 Å². The highest BCUT2D eigenvalue weighted by molar-refractivity contribution is 7.86. The van der Waals surface area contributed by atoms with Gasteiger partial charge < -0.3 is 5.32 Å². The van der Waals surface area contributed by atoms with Crippen LogP contribution in [0.15, 0.2) is 0 Å². The van der Waals surface area contributed by atoms with Gasteiger partial charge in [0.2, 0.25) is 0 Å². The lowest BCUT2D eigenvalue weighted by Gasteiger charge is -2.36. The first-order valence-corrected chi connectivity index (χ1v) is 8.77. The van der Waals surface area contributed by atoms with Gasteiger partial charge in [-0.15, -0.1) is 0 Å². The van der Waals surface area contributed by atoms with Crippen LogP contribution in [0.25, 0.3) is 0 Å². The number of piperazine rings is 1. The van der Waals surface area contributed by atoms with Crippen LogP contribution in [0.2, 0.25) is 0 Å². The Morgan fingerprint density at radius 3 is 2.21 bits per heavy atom. The SMILES string of the molecule is O=S(=O)(N1CCCNCC1)N1CCN(C2CC2)CC1. The van der Waals surface area contributed by atoms with Gasteiger partial charge in [0.05, 0.1) is 0 Å². The Balaban J connectivity index is 1.60. The first-order valence-electron chi connectivity index (χ1n) is 7.38. The van der Waals surface area contributed by atoms with Gasteiger partial charge in [0.15, 0.2) is 0 Å². The molecule has 19 heavy (non-hydrogen) atoms. The van der Waals surface area contributed by atoms with Crippen molar-refractivity contribution < 1.29 is 8.42 Å². The Hall–Kier alpha value is -0.210. The summed E-state index contributed by atoms with van der Waals surface area (Å²) in [6.45, 7) is 6.05. The summed E-state index contributed by atoms with van der Waals surface area (Å²) < 4.78 is 28.5. The molecule has 2 aliphatic heterocycles. The van der Waals surface area contributed by atoms with Crippen LogP contribution in [0.3, 0.4) is 0 Å². The zero-order valence-electron chi connectivity index (χ0n) is 11.4. The molecule has 1 saturated carbocycles. The van der Waals surface area contributed by atoms with Crippen LogP contribution < -0.4 is 5.32 Å². The lowest BCUT2D eigenvalue weighted by molar-refractivity contribution is 0.174. The smallest absolute Gasteiger partial charge is 0.282 e. The summed E-state index contributed by atoms with van der Waals surface area (Å²) in [5.41, 5.74) is 0. The van der Waals surface area contributed by atoms with E-state index < -0.39 is 10.2 Å². The van der Waals surface area contributed by atoms with E-state index in [-0.39, 0.29) is 0 Å². The van der Waals surface area contributed by atoms with Gasteiger partial charge in [-0.3, -0.25) is 4.90 Å². The molecule has 2 saturated heterocycles. The molecule has 0 aromatic heterocycles. The molecular weight excluding hydrogens is 264 g/mol. The molecule has 0 bridgehead atoms. The largest absolute Gasteiger partial charge is 0.315 e. The van der Waals surface area contributed by atoms with Gasteiger partial charge in [0.1, 0.15) is 0 Å². The normalized spacial score (nSPS) is 29.3. The topological polar surface area (TPSA) is 55.9 Å². The lowest BCUT2D eigenvalue weighted by atomic mass is 10.3. The maximum absolute atomic E-state index is 12.6. The average Bonchev–Trinajstić information content (AvgIpc) is 3.25. The maximum atomic E-state index is 12.6. The van der Waals surface area contributed by atoms with Gasteiger partial charge in [-0.05, 0) is 25.8 Å². The van der Waals surface area contributed by atoms with Crippen molar-refractivity contribution in [2.45, 2.75) is 25.3 Å². The lowest BCUT2D eigenvalue weighted by Crippen LogP contribution is -2.53. The van der Waals surface area contributed by atoms with Crippen LogP contribution in [-0.4, -0.2) is 80.3 Å². The third kappa shape index (κ3) is 3.11. The van der Waals surface area contributed by atoms with E-state index in [1.807, 2.05) is 0 Å². The molecule has 3 fully saturated rings. The van der Waals surface area contributed by atoms with Crippen LogP contribution in [0.1, 0.15) is 19.3 Å². The molecule has 0 amide bonds. The monoisotopic (exact) mass is 288 g/mol. The van der Waals surface area contributed by atoms with E-state index in [2.05, 4.69) is 10.2 Å². The van der Waals surface area contributed by atoms with Gasteiger partial charge in [-0.1, -0.05) is 0 Å². The Morgan fingerprint density at radius 1 is 0.842 bits per heavy atom. The van der Waals surface area contributed by atoms with E-state index in [0.29, 0.717) is 26.2 Å². The third-order valence-corrected chi connectivity index (χ3v) is 6.32. The summed E-state index contributed by atoms with van der Waals surface area (Å²) in [6.07, 6.45) is 3.50. The molecular formula is C12H24N4O2S. The average molecular weight is 288 g/mol. The molecule has 0 aromatic rings. The zero-order chi connectivity index (χ0) is 13.3. The number of nitrogens with one attached hydrogen (secondary N) is 1. The fourth-order valence-electron chi connectivity index (χ4n) is 2.95. The summed E-state index contributed by atoms with van der Waals surface area (Å²) in [5, 5.41) is 3.25.